The van der Waals surface area contributed by atoms with Gasteiger partial charge in [0.1, 0.15) is 0 Å². The molecule has 0 aliphatic heterocycles. The lowest BCUT2D eigenvalue weighted by Crippen LogP contribution is -2.12. The van der Waals surface area contributed by atoms with Gasteiger partial charge in [0.2, 0.25) is 5.91 Å². The van der Waals surface area contributed by atoms with Gasteiger partial charge in [-0.15, -0.1) is 0 Å². The third-order valence-electron chi connectivity index (χ3n) is 3.30. The Morgan fingerprint density at radius 3 is 2.46 bits per heavy atom. The largest absolute Gasteiger partial charge is 0.302 e. The van der Waals surface area contributed by atoms with Crippen LogP contribution in [0.5, 0.6) is 0 Å². The number of hydrogen-bond acceptors (Lipinski definition) is 3. The minimum absolute atomic E-state index is 0.0315. The second kappa shape index (κ2) is 6.56. The normalized spacial score (nSPS) is 11.0. The molecule has 0 radical (unpaired) electrons. The Morgan fingerprint density at radius 2 is 1.71 bits per heavy atom. The number of rotatable bonds is 4. The summed E-state index contributed by atoms with van der Waals surface area (Å²) in [6.07, 6.45) is 0.251. The van der Waals surface area contributed by atoms with Crippen LogP contribution in [0.3, 0.4) is 0 Å². The minimum atomic E-state index is -1.01. The van der Waals surface area contributed by atoms with Crippen molar-refractivity contribution >= 4 is 32.6 Å². The number of thiazole rings is 1. The zero-order valence-electron chi connectivity index (χ0n) is 12.1. The topological polar surface area (TPSA) is 42.0 Å². The van der Waals surface area contributed by atoms with E-state index in [9.17, 15) is 22.4 Å². The SMILES string of the molecule is O=C(CCc1ccc(F)c(F)c1)Nc1nc2cc(F)c(F)cc2s1. The van der Waals surface area contributed by atoms with Crippen LogP contribution in [-0.4, -0.2) is 10.9 Å². The molecule has 3 nitrogen and oxygen atoms in total. The smallest absolute Gasteiger partial charge is 0.226 e. The van der Waals surface area contributed by atoms with Crippen LogP contribution in [-0.2, 0) is 11.2 Å². The van der Waals surface area contributed by atoms with Crippen molar-refractivity contribution in [3.8, 4) is 0 Å². The van der Waals surface area contributed by atoms with Crippen molar-refractivity contribution in [3.05, 3.63) is 59.2 Å². The van der Waals surface area contributed by atoms with E-state index in [0.29, 0.717) is 10.3 Å². The second-order valence-corrected chi connectivity index (χ2v) is 6.08. The molecule has 0 aliphatic rings. The third kappa shape index (κ3) is 3.53. The highest BCUT2D eigenvalue weighted by Gasteiger charge is 2.12. The molecule has 8 heteroatoms. The molecule has 3 rings (SSSR count). The molecule has 3 aromatic rings. The summed E-state index contributed by atoms with van der Waals surface area (Å²) < 4.78 is 52.6. The molecule has 2 aromatic carbocycles. The fourth-order valence-electron chi connectivity index (χ4n) is 2.11. The molecule has 0 atom stereocenters. The second-order valence-electron chi connectivity index (χ2n) is 5.05. The number of carbonyl (C=O) groups excluding carboxylic acids is 1. The first-order valence-electron chi connectivity index (χ1n) is 6.92. The van der Waals surface area contributed by atoms with E-state index in [2.05, 4.69) is 10.3 Å². The lowest BCUT2D eigenvalue weighted by molar-refractivity contribution is -0.116. The molecular formula is C16H10F4N2OS. The van der Waals surface area contributed by atoms with Crippen molar-refractivity contribution < 1.29 is 22.4 Å². The number of nitrogens with zero attached hydrogens (tertiary/aromatic N) is 1. The lowest BCUT2D eigenvalue weighted by Gasteiger charge is -2.03. The number of hydrogen-bond donors (Lipinski definition) is 1. The maximum absolute atomic E-state index is 13.1. The van der Waals surface area contributed by atoms with E-state index < -0.39 is 23.3 Å². The Balaban J connectivity index is 1.65. The van der Waals surface area contributed by atoms with Gasteiger partial charge in [0, 0.05) is 12.5 Å². The number of fused-ring (bicyclic) bond motifs is 1. The molecule has 1 amide bonds. The summed E-state index contributed by atoms with van der Waals surface area (Å²) in [5.41, 5.74) is 0.729. The van der Waals surface area contributed by atoms with Crippen molar-refractivity contribution in [2.45, 2.75) is 12.8 Å². The zero-order valence-corrected chi connectivity index (χ0v) is 12.9. The molecule has 0 spiro atoms. The molecule has 0 bridgehead atoms. The third-order valence-corrected chi connectivity index (χ3v) is 4.24. The summed E-state index contributed by atoms with van der Waals surface area (Å²) in [5.74, 6) is -4.30. The molecule has 124 valence electrons. The Kier molecular flexibility index (Phi) is 4.48. The van der Waals surface area contributed by atoms with Crippen LogP contribution < -0.4 is 5.32 Å². The van der Waals surface area contributed by atoms with Gasteiger partial charge in [0.25, 0.3) is 0 Å². The predicted molar refractivity (Wildman–Crippen MR) is 82.8 cm³/mol. The summed E-state index contributed by atoms with van der Waals surface area (Å²) >= 11 is 1.02. The van der Waals surface area contributed by atoms with Gasteiger partial charge < -0.3 is 5.32 Å². The van der Waals surface area contributed by atoms with Gasteiger partial charge in [0.05, 0.1) is 10.2 Å². The number of nitrogens with one attached hydrogen (secondary N) is 1. The van der Waals surface area contributed by atoms with Crippen LogP contribution in [0.2, 0.25) is 0 Å². The van der Waals surface area contributed by atoms with Crippen molar-refractivity contribution in [1.29, 1.82) is 0 Å². The summed E-state index contributed by atoms with van der Waals surface area (Å²) in [4.78, 5) is 15.9. The number of benzene rings is 2. The first-order valence-corrected chi connectivity index (χ1v) is 7.73. The quantitative estimate of drug-likeness (QED) is 0.705. The van der Waals surface area contributed by atoms with Gasteiger partial charge >= 0.3 is 0 Å². The Hall–Kier alpha value is -2.48. The highest BCUT2D eigenvalue weighted by molar-refractivity contribution is 7.22. The number of aromatic nitrogens is 1. The van der Waals surface area contributed by atoms with Crippen LogP contribution in [0.25, 0.3) is 10.2 Å². The van der Waals surface area contributed by atoms with Crippen molar-refractivity contribution in [3.63, 3.8) is 0 Å². The summed E-state index contributed by atoms with van der Waals surface area (Å²) in [6.45, 7) is 0. The standard InChI is InChI=1S/C16H10F4N2OS/c17-9-3-1-8(5-10(9)18)2-4-15(23)22-16-21-13-6-11(19)12(20)7-14(13)24-16/h1,3,5-7H,2,4H2,(H,21,22,23). The first kappa shape index (κ1) is 16.4. The molecular weight excluding hydrogens is 344 g/mol. The molecule has 0 unspecified atom stereocenters. The predicted octanol–water partition coefficient (Wildman–Crippen LogP) is 4.42. The van der Waals surface area contributed by atoms with Crippen LogP contribution in [0, 0.1) is 23.3 Å². The van der Waals surface area contributed by atoms with Crippen LogP contribution in [0.4, 0.5) is 22.7 Å². The molecule has 0 fully saturated rings. The van der Waals surface area contributed by atoms with Crippen molar-refractivity contribution in [2.24, 2.45) is 0 Å². The Bertz CT molecular complexity index is 887. The maximum Gasteiger partial charge on any atom is 0.226 e. The number of halogens is 4. The Labute approximate surface area is 137 Å². The maximum atomic E-state index is 13.1. The van der Waals surface area contributed by atoms with Gasteiger partial charge in [-0.1, -0.05) is 17.4 Å². The summed E-state index contributed by atoms with van der Waals surface area (Å²) in [6, 6.07) is 5.40. The first-order chi connectivity index (χ1) is 11.4. The molecule has 0 aliphatic carbocycles. The van der Waals surface area contributed by atoms with E-state index in [0.717, 1.165) is 35.6 Å². The zero-order chi connectivity index (χ0) is 17.3. The van der Waals surface area contributed by atoms with E-state index >= 15 is 0 Å². The number of aryl methyl sites for hydroxylation is 1. The van der Waals surface area contributed by atoms with Gasteiger partial charge in [-0.2, -0.15) is 0 Å². The molecule has 24 heavy (non-hydrogen) atoms. The summed E-state index contributed by atoms with van der Waals surface area (Å²) in [7, 11) is 0. The minimum Gasteiger partial charge on any atom is -0.302 e. The fourth-order valence-corrected chi connectivity index (χ4v) is 3.00. The van der Waals surface area contributed by atoms with E-state index in [1.807, 2.05) is 0 Å². The number of carbonyl (C=O) groups is 1. The molecule has 1 aromatic heterocycles. The Morgan fingerprint density at radius 1 is 1.00 bits per heavy atom. The molecule has 0 saturated heterocycles. The fraction of sp³-hybridized carbons (Fsp3) is 0.125. The van der Waals surface area contributed by atoms with Gasteiger partial charge in [-0.3, -0.25) is 4.79 Å². The molecule has 1 heterocycles. The monoisotopic (exact) mass is 354 g/mol. The highest BCUT2D eigenvalue weighted by Crippen LogP contribution is 2.27. The average Bonchev–Trinajstić information content (AvgIpc) is 2.90. The summed E-state index contributed by atoms with van der Waals surface area (Å²) in [5, 5.41) is 2.74. The van der Waals surface area contributed by atoms with Gasteiger partial charge in [-0.25, -0.2) is 22.5 Å². The number of anilines is 1. The van der Waals surface area contributed by atoms with Crippen molar-refractivity contribution in [1.82, 2.24) is 4.98 Å². The van der Waals surface area contributed by atoms with E-state index in [1.165, 1.54) is 6.07 Å². The molecule has 0 saturated carbocycles. The van der Waals surface area contributed by atoms with Crippen LogP contribution >= 0.6 is 11.3 Å². The number of amides is 1. The van der Waals surface area contributed by atoms with E-state index in [4.69, 9.17) is 0 Å². The highest BCUT2D eigenvalue weighted by atomic mass is 32.1. The van der Waals surface area contributed by atoms with Crippen molar-refractivity contribution in [2.75, 3.05) is 5.32 Å². The van der Waals surface area contributed by atoms with E-state index in [1.54, 1.807) is 0 Å². The molecule has 1 N–H and O–H groups in total. The van der Waals surface area contributed by atoms with Gasteiger partial charge in [0.15, 0.2) is 28.4 Å². The van der Waals surface area contributed by atoms with Gasteiger partial charge in [-0.05, 0) is 30.2 Å². The average molecular weight is 354 g/mol. The van der Waals surface area contributed by atoms with Crippen LogP contribution in [0.15, 0.2) is 30.3 Å². The van der Waals surface area contributed by atoms with Crippen LogP contribution in [0.1, 0.15) is 12.0 Å². The lowest BCUT2D eigenvalue weighted by atomic mass is 10.1. The van der Waals surface area contributed by atoms with E-state index in [-0.39, 0.29) is 29.4 Å².